The van der Waals surface area contributed by atoms with E-state index >= 15 is 0 Å². The monoisotopic (exact) mass is 502 g/mol. The molecule has 0 bridgehead atoms. The number of anilines is 2. The summed E-state index contributed by atoms with van der Waals surface area (Å²) in [7, 11) is -3.83. The Labute approximate surface area is 203 Å². The van der Waals surface area contributed by atoms with Gasteiger partial charge >= 0.3 is 0 Å². The quantitative estimate of drug-likeness (QED) is 0.503. The van der Waals surface area contributed by atoms with Crippen molar-refractivity contribution in [2.24, 2.45) is 0 Å². The minimum absolute atomic E-state index is 0.279. The second-order valence-electron chi connectivity index (χ2n) is 7.61. The van der Waals surface area contributed by atoms with Gasteiger partial charge in [0, 0.05) is 11.1 Å². The first-order valence-corrected chi connectivity index (χ1v) is 12.7. The number of nitrogens with zero attached hydrogens (tertiary/aromatic N) is 1. The number of hydrogen-bond donors (Lipinski definition) is 1. The molecule has 0 aromatic heterocycles. The van der Waals surface area contributed by atoms with Gasteiger partial charge in [-0.2, -0.15) is 0 Å². The summed E-state index contributed by atoms with van der Waals surface area (Å²) in [6.45, 7) is 2.26. The van der Waals surface area contributed by atoms with Gasteiger partial charge < -0.3 is 19.5 Å². The van der Waals surface area contributed by atoms with Crippen LogP contribution < -0.4 is 23.8 Å². The van der Waals surface area contributed by atoms with Crippen LogP contribution in [0.25, 0.3) is 0 Å². The predicted octanol–water partition coefficient (Wildman–Crippen LogP) is 4.70. The minimum Gasteiger partial charge on any atom is -0.486 e. The average Bonchev–Trinajstić information content (AvgIpc) is 2.80. The molecule has 0 aliphatic carbocycles. The number of para-hydroxylation sites is 1. The SMILES string of the molecule is C[C@@H](C(=O)Nc1cc(Cl)ccc1Oc1ccccc1)N(c1ccc2c(c1)OCCO2)S(C)(=O)=O. The Balaban J connectivity index is 1.61. The standard InChI is InChI=1S/C24H23ClN2O6S/c1-16(27(34(2,29)30)18-9-11-22-23(15-18)32-13-12-31-22)24(28)26-20-14-17(25)8-10-21(20)33-19-6-4-3-5-7-19/h3-11,14-16H,12-13H2,1-2H3,(H,26,28)/t16-/m0/s1. The average molecular weight is 503 g/mol. The smallest absolute Gasteiger partial charge is 0.248 e. The van der Waals surface area contributed by atoms with Crippen LogP contribution in [0.1, 0.15) is 6.92 Å². The van der Waals surface area contributed by atoms with Crippen molar-refractivity contribution < 1.29 is 27.4 Å². The Hall–Kier alpha value is -3.43. The predicted molar refractivity (Wildman–Crippen MR) is 131 cm³/mol. The van der Waals surface area contributed by atoms with E-state index in [2.05, 4.69) is 5.32 Å². The zero-order valence-corrected chi connectivity index (χ0v) is 20.1. The van der Waals surface area contributed by atoms with Gasteiger partial charge in [0.1, 0.15) is 25.0 Å². The number of hydrogen-bond acceptors (Lipinski definition) is 6. The summed E-state index contributed by atoms with van der Waals surface area (Å²) < 4.78 is 43.4. The second kappa shape index (κ2) is 9.82. The van der Waals surface area contributed by atoms with Gasteiger partial charge in [-0.3, -0.25) is 9.10 Å². The van der Waals surface area contributed by atoms with E-state index in [1.807, 2.05) is 18.2 Å². The number of carbonyl (C=O) groups is 1. The molecule has 0 unspecified atom stereocenters. The molecule has 178 valence electrons. The fraction of sp³-hybridized carbons (Fsp3) is 0.208. The van der Waals surface area contributed by atoms with Gasteiger partial charge in [-0.05, 0) is 49.4 Å². The van der Waals surface area contributed by atoms with Crippen LogP contribution in [0.3, 0.4) is 0 Å². The van der Waals surface area contributed by atoms with E-state index in [-0.39, 0.29) is 5.69 Å². The van der Waals surface area contributed by atoms with Crippen molar-refractivity contribution in [1.82, 2.24) is 0 Å². The highest BCUT2D eigenvalue weighted by atomic mass is 35.5. The zero-order chi connectivity index (χ0) is 24.3. The highest BCUT2D eigenvalue weighted by molar-refractivity contribution is 7.92. The summed E-state index contributed by atoms with van der Waals surface area (Å²) in [6, 6.07) is 17.5. The molecule has 1 amide bonds. The molecule has 10 heteroatoms. The van der Waals surface area contributed by atoms with Gasteiger partial charge in [0.25, 0.3) is 0 Å². The van der Waals surface area contributed by atoms with Crippen molar-refractivity contribution >= 4 is 38.9 Å². The lowest BCUT2D eigenvalue weighted by molar-refractivity contribution is -0.116. The number of ether oxygens (including phenoxy) is 3. The maximum Gasteiger partial charge on any atom is 0.248 e. The Morgan fingerprint density at radius 3 is 2.44 bits per heavy atom. The first kappa shape index (κ1) is 23.7. The Kier molecular flexibility index (Phi) is 6.85. The van der Waals surface area contributed by atoms with Crippen LogP contribution in [0.5, 0.6) is 23.0 Å². The van der Waals surface area contributed by atoms with E-state index in [9.17, 15) is 13.2 Å². The summed E-state index contributed by atoms with van der Waals surface area (Å²) in [5.74, 6) is 1.30. The van der Waals surface area contributed by atoms with Crippen molar-refractivity contribution in [1.29, 1.82) is 0 Å². The van der Waals surface area contributed by atoms with Gasteiger partial charge in [0.15, 0.2) is 17.2 Å². The Morgan fingerprint density at radius 1 is 1.03 bits per heavy atom. The number of halogens is 1. The van der Waals surface area contributed by atoms with Crippen LogP contribution in [0.15, 0.2) is 66.7 Å². The number of amides is 1. The van der Waals surface area contributed by atoms with Crippen molar-refractivity contribution in [3.05, 3.63) is 71.8 Å². The molecule has 1 heterocycles. The van der Waals surface area contributed by atoms with Gasteiger partial charge in [0.2, 0.25) is 15.9 Å². The third-order valence-electron chi connectivity index (χ3n) is 5.04. The fourth-order valence-electron chi connectivity index (χ4n) is 3.52. The van der Waals surface area contributed by atoms with Crippen molar-refractivity contribution in [3.63, 3.8) is 0 Å². The number of sulfonamides is 1. The maximum atomic E-state index is 13.2. The highest BCUT2D eigenvalue weighted by Crippen LogP contribution is 2.36. The Bertz CT molecular complexity index is 1300. The van der Waals surface area contributed by atoms with Crippen LogP contribution in [0.2, 0.25) is 5.02 Å². The summed E-state index contributed by atoms with van der Waals surface area (Å²) in [5.41, 5.74) is 0.588. The number of benzene rings is 3. The van der Waals surface area contributed by atoms with Crippen molar-refractivity contribution in [3.8, 4) is 23.0 Å². The van der Waals surface area contributed by atoms with Gasteiger partial charge in [-0.1, -0.05) is 29.8 Å². The third-order valence-corrected chi connectivity index (χ3v) is 6.52. The fourth-order valence-corrected chi connectivity index (χ4v) is 4.86. The molecular formula is C24H23ClN2O6S. The Morgan fingerprint density at radius 2 is 1.74 bits per heavy atom. The number of fused-ring (bicyclic) bond motifs is 1. The number of nitrogens with one attached hydrogen (secondary N) is 1. The normalized spacial score (nSPS) is 13.6. The molecular weight excluding hydrogens is 480 g/mol. The molecule has 0 fully saturated rings. The summed E-state index contributed by atoms with van der Waals surface area (Å²) in [4.78, 5) is 13.2. The lowest BCUT2D eigenvalue weighted by atomic mass is 10.2. The third kappa shape index (κ3) is 5.37. The van der Waals surface area contributed by atoms with Gasteiger partial charge in [-0.25, -0.2) is 8.42 Å². The molecule has 1 aliphatic rings. The molecule has 0 saturated carbocycles. The molecule has 1 atom stereocenters. The number of rotatable bonds is 7. The van der Waals surface area contributed by atoms with Crippen molar-refractivity contribution in [2.75, 3.05) is 29.1 Å². The van der Waals surface area contributed by atoms with Crippen LogP contribution in [-0.2, 0) is 14.8 Å². The lowest BCUT2D eigenvalue weighted by Gasteiger charge is -2.29. The highest BCUT2D eigenvalue weighted by Gasteiger charge is 2.31. The minimum atomic E-state index is -3.83. The van der Waals surface area contributed by atoms with Crippen molar-refractivity contribution in [2.45, 2.75) is 13.0 Å². The van der Waals surface area contributed by atoms with E-state index in [0.717, 1.165) is 10.6 Å². The van der Waals surface area contributed by atoms with Gasteiger partial charge in [-0.15, -0.1) is 0 Å². The van der Waals surface area contributed by atoms with E-state index < -0.39 is 22.0 Å². The van der Waals surface area contributed by atoms with Gasteiger partial charge in [0.05, 0.1) is 17.6 Å². The zero-order valence-electron chi connectivity index (χ0n) is 18.5. The first-order valence-electron chi connectivity index (χ1n) is 10.4. The van der Waals surface area contributed by atoms with E-state index in [1.165, 1.54) is 6.92 Å². The van der Waals surface area contributed by atoms with Crippen LogP contribution in [-0.4, -0.2) is 39.8 Å². The molecule has 1 aliphatic heterocycles. The molecule has 8 nitrogen and oxygen atoms in total. The molecule has 1 N–H and O–H groups in total. The van der Waals surface area contributed by atoms with Crippen LogP contribution >= 0.6 is 11.6 Å². The second-order valence-corrected chi connectivity index (χ2v) is 9.90. The molecule has 0 spiro atoms. The van der Waals surface area contributed by atoms with Crippen LogP contribution in [0, 0.1) is 0 Å². The molecule has 0 saturated heterocycles. The number of carbonyl (C=O) groups excluding carboxylic acids is 1. The molecule has 3 aromatic carbocycles. The molecule has 3 aromatic rings. The summed E-state index contributed by atoms with van der Waals surface area (Å²) >= 11 is 6.14. The first-order chi connectivity index (χ1) is 16.2. The van der Waals surface area contributed by atoms with E-state index in [4.69, 9.17) is 25.8 Å². The maximum absolute atomic E-state index is 13.2. The van der Waals surface area contributed by atoms with E-state index in [0.29, 0.717) is 46.9 Å². The van der Waals surface area contributed by atoms with Crippen LogP contribution in [0.4, 0.5) is 11.4 Å². The molecule has 4 rings (SSSR count). The van der Waals surface area contributed by atoms with E-state index in [1.54, 1.807) is 48.5 Å². The summed E-state index contributed by atoms with van der Waals surface area (Å²) in [6.07, 6.45) is 1.04. The lowest BCUT2D eigenvalue weighted by Crippen LogP contribution is -2.45. The molecule has 0 radical (unpaired) electrons. The summed E-state index contributed by atoms with van der Waals surface area (Å²) in [5, 5.41) is 3.13. The molecule has 34 heavy (non-hydrogen) atoms. The topological polar surface area (TPSA) is 94.2 Å². The largest absolute Gasteiger partial charge is 0.486 e.